The van der Waals surface area contributed by atoms with E-state index in [9.17, 15) is 23.4 Å². The summed E-state index contributed by atoms with van der Waals surface area (Å²) in [6.45, 7) is 7.31. The van der Waals surface area contributed by atoms with Gasteiger partial charge >= 0.3 is 0 Å². The van der Waals surface area contributed by atoms with Gasteiger partial charge in [-0.15, -0.1) is 0 Å². The fourth-order valence-electron chi connectivity index (χ4n) is 3.99. The van der Waals surface area contributed by atoms with Crippen molar-refractivity contribution < 1.29 is 28.2 Å². The fourth-order valence-corrected chi connectivity index (χ4v) is 4.62. The van der Waals surface area contributed by atoms with E-state index in [1.165, 1.54) is 12.1 Å². The molecule has 0 bridgehead atoms. The molecule has 32 heavy (non-hydrogen) atoms. The minimum atomic E-state index is -3.25. The van der Waals surface area contributed by atoms with Gasteiger partial charge in [0.2, 0.25) is 5.91 Å². The molecule has 182 valence electrons. The molecule has 1 amide bonds. The second-order valence-electron chi connectivity index (χ2n) is 9.27. The average molecular weight is 471 g/mol. The number of likely N-dealkylation sites (N-methyl/N-ethyl adjacent to an activating group) is 1. The number of nitrogens with zero attached hydrogens (tertiary/aromatic N) is 2. The van der Waals surface area contributed by atoms with Crippen LogP contribution in [0.5, 0.6) is 5.75 Å². The van der Waals surface area contributed by atoms with E-state index in [-0.39, 0.29) is 22.9 Å². The van der Waals surface area contributed by atoms with Gasteiger partial charge in [-0.2, -0.15) is 0 Å². The first-order valence-electron chi connectivity index (χ1n) is 11.2. The molecule has 1 aliphatic heterocycles. The molecule has 1 aromatic rings. The van der Waals surface area contributed by atoms with E-state index in [1.54, 1.807) is 24.0 Å². The Morgan fingerprint density at radius 1 is 1.22 bits per heavy atom. The van der Waals surface area contributed by atoms with E-state index in [1.807, 2.05) is 11.9 Å². The summed E-state index contributed by atoms with van der Waals surface area (Å²) in [5.74, 6) is 0.972. The zero-order valence-corrected chi connectivity index (χ0v) is 20.6. The third-order valence-corrected chi connectivity index (χ3v) is 7.03. The predicted octanol–water partition coefficient (Wildman–Crippen LogP) is 1.55. The second kappa shape index (κ2) is 11.4. The lowest BCUT2D eigenvalue weighted by molar-refractivity contribution is -0.131. The van der Waals surface area contributed by atoms with Gasteiger partial charge in [0.1, 0.15) is 11.9 Å². The zero-order chi connectivity index (χ0) is 24.1. The van der Waals surface area contributed by atoms with Gasteiger partial charge in [-0.1, -0.05) is 13.8 Å². The van der Waals surface area contributed by atoms with Crippen molar-refractivity contribution in [3.63, 3.8) is 0 Å². The van der Waals surface area contributed by atoms with Crippen molar-refractivity contribution in [3.05, 3.63) is 24.3 Å². The summed E-state index contributed by atoms with van der Waals surface area (Å²) < 4.78 is 29.1. The smallest absolute Gasteiger partial charge is 0.223 e. The molecule has 1 aliphatic rings. The predicted molar refractivity (Wildman–Crippen MR) is 123 cm³/mol. The Hall–Kier alpha value is -1.68. The van der Waals surface area contributed by atoms with Crippen LogP contribution in [0, 0.1) is 5.92 Å². The SMILES string of the molecule is CC(C)C[C@@H]([C@@H](O)C(C)O)N(C)CCC(=O)N1CC[C@H](Oc2ccc(S(C)(=O)=O)cc2)C1. The number of benzene rings is 1. The van der Waals surface area contributed by atoms with Crippen LogP contribution < -0.4 is 4.74 Å². The average Bonchev–Trinajstić information content (AvgIpc) is 3.17. The molecule has 1 unspecified atom stereocenters. The van der Waals surface area contributed by atoms with Gasteiger partial charge in [-0.3, -0.25) is 4.79 Å². The Morgan fingerprint density at radius 3 is 2.38 bits per heavy atom. The summed E-state index contributed by atoms with van der Waals surface area (Å²) in [5.41, 5.74) is 0. The molecule has 1 fully saturated rings. The van der Waals surface area contributed by atoms with Crippen LogP contribution in [0.1, 0.15) is 40.0 Å². The molecule has 8 nitrogen and oxygen atoms in total. The molecule has 0 saturated carbocycles. The van der Waals surface area contributed by atoms with Gasteiger partial charge in [-0.05, 0) is 50.6 Å². The number of aliphatic hydroxyl groups excluding tert-OH is 2. The Labute approximate surface area is 192 Å². The lowest BCUT2D eigenvalue weighted by Gasteiger charge is -2.34. The maximum Gasteiger partial charge on any atom is 0.223 e. The molecule has 2 rings (SSSR count). The minimum Gasteiger partial charge on any atom is -0.489 e. The van der Waals surface area contributed by atoms with Crippen LogP contribution in [0.15, 0.2) is 29.2 Å². The van der Waals surface area contributed by atoms with Crippen LogP contribution in [0.3, 0.4) is 0 Å². The number of sulfone groups is 1. The first kappa shape index (κ1) is 26.6. The number of ether oxygens (including phenoxy) is 1. The lowest BCUT2D eigenvalue weighted by Crippen LogP contribution is -2.48. The Kier molecular flexibility index (Phi) is 9.51. The molecule has 9 heteroatoms. The number of carbonyl (C=O) groups excluding carboxylic acids is 1. The van der Waals surface area contributed by atoms with Gasteiger partial charge in [0.05, 0.1) is 23.6 Å². The van der Waals surface area contributed by atoms with E-state index in [0.717, 1.165) is 12.7 Å². The molecule has 1 saturated heterocycles. The first-order chi connectivity index (χ1) is 14.9. The van der Waals surface area contributed by atoms with E-state index >= 15 is 0 Å². The topological polar surface area (TPSA) is 107 Å². The Morgan fingerprint density at radius 2 is 1.84 bits per heavy atom. The highest BCUT2D eigenvalue weighted by Crippen LogP contribution is 2.22. The highest BCUT2D eigenvalue weighted by atomic mass is 32.2. The highest BCUT2D eigenvalue weighted by molar-refractivity contribution is 7.90. The van der Waals surface area contributed by atoms with Crippen molar-refractivity contribution in [1.29, 1.82) is 0 Å². The molecule has 0 aliphatic carbocycles. The van der Waals surface area contributed by atoms with Crippen molar-refractivity contribution in [3.8, 4) is 5.75 Å². The van der Waals surface area contributed by atoms with E-state index < -0.39 is 22.0 Å². The molecule has 0 aromatic heterocycles. The molecule has 0 radical (unpaired) electrons. The molecule has 1 heterocycles. The number of aliphatic hydroxyl groups is 2. The van der Waals surface area contributed by atoms with Crippen LogP contribution in [0.4, 0.5) is 0 Å². The summed E-state index contributed by atoms with van der Waals surface area (Å²) in [6, 6.07) is 6.10. The standard InChI is InChI=1S/C23H38N2O6S/c1-16(2)14-21(23(28)17(3)26)24(4)12-11-22(27)25-13-10-19(15-25)31-18-6-8-20(9-7-18)32(5,29)30/h6-9,16-17,19,21,23,26,28H,10-15H2,1-5H3/t17?,19-,21-,23-/m0/s1. The van der Waals surface area contributed by atoms with Gasteiger partial charge in [0.15, 0.2) is 9.84 Å². The van der Waals surface area contributed by atoms with Crippen molar-refractivity contribution in [2.75, 3.05) is 32.9 Å². The van der Waals surface area contributed by atoms with Gasteiger partial charge < -0.3 is 24.7 Å². The van der Waals surface area contributed by atoms with Crippen LogP contribution >= 0.6 is 0 Å². The molecular formula is C23H38N2O6S. The summed E-state index contributed by atoms with van der Waals surface area (Å²) in [7, 11) is -1.37. The van der Waals surface area contributed by atoms with Gasteiger partial charge in [-0.25, -0.2) is 8.42 Å². The molecule has 2 N–H and O–H groups in total. The normalized spacial score (nSPS) is 19.9. The summed E-state index contributed by atoms with van der Waals surface area (Å²) in [4.78, 5) is 16.7. The summed E-state index contributed by atoms with van der Waals surface area (Å²) in [6.07, 6.45) is 1.10. The highest BCUT2D eigenvalue weighted by Gasteiger charge is 2.30. The number of hydrogen-bond donors (Lipinski definition) is 2. The zero-order valence-electron chi connectivity index (χ0n) is 19.8. The largest absolute Gasteiger partial charge is 0.489 e. The van der Waals surface area contributed by atoms with Crippen LogP contribution in [0.25, 0.3) is 0 Å². The Bertz CT molecular complexity index is 841. The van der Waals surface area contributed by atoms with Gasteiger partial charge in [0, 0.05) is 38.2 Å². The van der Waals surface area contributed by atoms with Gasteiger partial charge in [0.25, 0.3) is 0 Å². The van der Waals surface area contributed by atoms with Crippen molar-refractivity contribution in [1.82, 2.24) is 9.80 Å². The molecule has 0 spiro atoms. The number of amides is 1. The molecule has 1 aromatic carbocycles. The Balaban J connectivity index is 1.85. The van der Waals surface area contributed by atoms with E-state index in [2.05, 4.69) is 13.8 Å². The van der Waals surface area contributed by atoms with E-state index in [0.29, 0.717) is 44.1 Å². The van der Waals surface area contributed by atoms with Crippen LogP contribution in [-0.2, 0) is 14.6 Å². The van der Waals surface area contributed by atoms with Crippen LogP contribution in [0.2, 0.25) is 0 Å². The number of carbonyl (C=O) groups is 1. The lowest BCUT2D eigenvalue weighted by atomic mass is 9.95. The molecule has 4 atom stereocenters. The summed E-state index contributed by atoms with van der Waals surface area (Å²) >= 11 is 0. The van der Waals surface area contributed by atoms with Crippen molar-refractivity contribution in [2.45, 2.75) is 69.3 Å². The van der Waals surface area contributed by atoms with E-state index in [4.69, 9.17) is 4.74 Å². The minimum absolute atomic E-state index is 0.0326. The number of hydrogen-bond acceptors (Lipinski definition) is 7. The third kappa shape index (κ3) is 7.72. The quantitative estimate of drug-likeness (QED) is 0.505. The summed E-state index contributed by atoms with van der Waals surface area (Å²) in [5, 5.41) is 20.2. The monoisotopic (exact) mass is 470 g/mol. The van der Waals surface area contributed by atoms with Crippen molar-refractivity contribution >= 4 is 15.7 Å². The maximum absolute atomic E-state index is 12.7. The fraction of sp³-hybridized carbons (Fsp3) is 0.696. The number of likely N-dealkylation sites (tertiary alicyclic amines) is 1. The third-order valence-electron chi connectivity index (χ3n) is 5.90. The van der Waals surface area contributed by atoms with Crippen LogP contribution in [-0.4, -0.2) is 91.6 Å². The van der Waals surface area contributed by atoms with Crippen molar-refractivity contribution in [2.24, 2.45) is 5.92 Å². The first-order valence-corrected chi connectivity index (χ1v) is 13.1. The number of rotatable bonds is 11. The maximum atomic E-state index is 12.7. The second-order valence-corrected chi connectivity index (χ2v) is 11.3. The molecular weight excluding hydrogens is 432 g/mol.